The van der Waals surface area contributed by atoms with Crippen LogP contribution in [0.2, 0.25) is 0 Å². The van der Waals surface area contributed by atoms with Gasteiger partial charge < -0.3 is 0 Å². The summed E-state index contributed by atoms with van der Waals surface area (Å²) in [5.74, 6) is -0.105. The summed E-state index contributed by atoms with van der Waals surface area (Å²) in [5.41, 5.74) is 1.10. The number of Topliss-reactive ketones (excluding diaryl/α,β-unsaturated/α-hetero) is 2. The van der Waals surface area contributed by atoms with Gasteiger partial charge in [0.2, 0.25) is 0 Å². The minimum Gasteiger partial charge on any atom is -0.298 e. The Hall–Kier alpha value is -1.48. The van der Waals surface area contributed by atoms with Gasteiger partial charge in [0.15, 0.2) is 11.6 Å². The molecule has 3 nitrogen and oxygen atoms in total. The molecule has 3 heteroatoms. The van der Waals surface area contributed by atoms with Gasteiger partial charge in [-0.05, 0) is 19.5 Å². The first kappa shape index (κ1) is 13.6. The van der Waals surface area contributed by atoms with E-state index >= 15 is 0 Å². The first-order valence-corrected chi connectivity index (χ1v) is 5.83. The lowest BCUT2D eigenvalue weighted by atomic mass is 10.0. The van der Waals surface area contributed by atoms with E-state index in [2.05, 4.69) is 0 Å². The summed E-state index contributed by atoms with van der Waals surface area (Å²) in [6.45, 7) is 3.87. The van der Waals surface area contributed by atoms with Gasteiger partial charge in [-0.3, -0.25) is 14.5 Å². The third-order valence-electron chi connectivity index (χ3n) is 2.75. The van der Waals surface area contributed by atoms with E-state index < -0.39 is 6.04 Å². The fourth-order valence-corrected chi connectivity index (χ4v) is 1.94. The van der Waals surface area contributed by atoms with Crippen LogP contribution < -0.4 is 0 Å². The summed E-state index contributed by atoms with van der Waals surface area (Å²) in [7, 11) is 1.81. The number of carbonyl (C=O) groups is 2. The Kier molecular flexibility index (Phi) is 5.04. The summed E-state index contributed by atoms with van der Waals surface area (Å²) < 4.78 is 0. The molecule has 92 valence electrons. The van der Waals surface area contributed by atoms with Crippen LogP contribution in [0.25, 0.3) is 0 Å². The molecule has 0 radical (unpaired) electrons. The molecule has 1 unspecified atom stereocenters. The predicted octanol–water partition coefficient (Wildman–Crippen LogP) is 2.06. The number of nitrogens with zero attached hydrogens (tertiary/aromatic N) is 1. The number of ketones is 2. The van der Waals surface area contributed by atoms with E-state index in [9.17, 15) is 9.59 Å². The minimum atomic E-state index is -0.611. The van der Waals surface area contributed by atoms with Gasteiger partial charge in [0.05, 0.1) is 0 Å². The molecule has 0 heterocycles. The number of hydrogen-bond acceptors (Lipinski definition) is 3. The highest BCUT2D eigenvalue weighted by Crippen LogP contribution is 2.09. The van der Waals surface area contributed by atoms with Crippen molar-refractivity contribution in [2.24, 2.45) is 0 Å². The van der Waals surface area contributed by atoms with Crippen molar-refractivity contribution < 1.29 is 9.59 Å². The number of hydrogen-bond donors (Lipinski definition) is 0. The Morgan fingerprint density at radius 1 is 1.24 bits per heavy atom. The second-order valence-corrected chi connectivity index (χ2v) is 4.23. The van der Waals surface area contributed by atoms with Crippen molar-refractivity contribution in [1.29, 1.82) is 0 Å². The average Bonchev–Trinajstić information content (AvgIpc) is 2.29. The second-order valence-electron chi connectivity index (χ2n) is 4.23. The summed E-state index contributed by atoms with van der Waals surface area (Å²) in [6, 6.07) is 9.22. The largest absolute Gasteiger partial charge is 0.298 e. The van der Waals surface area contributed by atoms with Gasteiger partial charge in [0, 0.05) is 13.0 Å². The first-order chi connectivity index (χ1) is 8.06. The van der Waals surface area contributed by atoms with Crippen LogP contribution in [-0.4, -0.2) is 29.6 Å². The normalized spacial score (nSPS) is 12.5. The van der Waals surface area contributed by atoms with Gasteiger partial charge in [-0.15, -0.1) is 0 Å². The molecule has 1 rings (SSSR count). The Bertz CT molecular complexity index is 386. The Balaban J connectivity index is 2.76. The van der Waals surface area contributed by atoms with Crippen molar-refractivity contribution in [2.75, 3.05) is 7.05 Å². The second kappa shape index (κ2) is 6.30. The lowest BCUT2D eigenvalue weighted by Crippen LogP contribution is -2.42. The lowest BCUT2D eigenvalue weighted by molar-refractivity contribution is -0.132. The average molecular weight is 233 g/mol. The fraction of sp³-hybridized carbons (Fsp3) is 0.429. The molecule has 0 bridgehead atoms. The van der Waals surface area contributed by atoms with Crippen molar-refractivity contribution in [1.82, 2.24) is 4.90 Å². The summed E-state index contributed by atoms with van der Waals surface area (Å²) >= 11 is 0. The monoisotopic (exact) mass is 233 g/mol. The zero-order valence-electron chi connectivity index (χ0n) is 10.6. The summed E-state index contributed by atoms with van der Waals surface area (Å²) in [4.78, 5) is 25.0. The smallest absolute Gasteiger partial charge is 0.157 e. The number of rotatable bonds is 6. The molecule has 0 fully saturated rings. The van der Waals surface area contributed by atoms with Crippen LogP contribution in [0.5, 0.6) is 0 Å². The third kappa shape index (κ3) is 3.79. The maximum absolute atomic E-state index is 11.7. The molecule has 1 aromatic carbocycles. The number of benzene rings is 1. The molecule has 1 atom stereocenters. The highest BCUT2D eigenvalue weighted by molar-refractivity contribution is 6.05. The molecule has 0 saturated heterocycles. The van der Waals surface area contributed by atoms with Crippen LogP contribution >= 0.6 is 0 Å². The van der Waals surface area contributed by atoms with Crippen molar-refractivity contribution in [3.63, 3.8) is 0 Å². The Morgan fingerprint density at radius 2 is 1.82 bits per heavy atom. The Morgan fingerprint density at radius 3 is 2.29 bits per heavy atom. The molecule has 0 aliphatic rings. The summed E-state index contributed by atoms with van der Waals surface area (Å²) in [5, 5.41) is 0. The molecule has 17 heavy (non-hydrogen) atoms. The van der Waals surface area contributed by atoms with Crippen molar-refractivity contribution in [3.05, 3.63) is 35.9 Å². The SMILES string of the molecule is CCC(=O)C(C(C)=O)N(C)Cc1ccccc1. The van der Waals surface area contributed by atoms with Crippen LogP contribution in [0.4, 0.5) is 0 Å². The van der Waals surface area contributed by atoms with E-state index in [1.165, 1.54) is 6.92 Å². The minimum absolute atomic E-state index is 0.0177. The molecule has 1 aromatic rings. The standard InChI is InChI=1S/C14H19NO2/c1-4-13(17)14(11(2)16)15(3)10-12-8-6-5-7-9-12/h5-9,14H,4,10H2,1-3H3. The zero-order chi connectivity index (χ0) is 12.8. The summed E-state index contributed by atoms with van der Waals surface area (Å²) in [6.07, 6.45) is 0.392. The molecule has 0 amide bonds. The molecule has 0 spiro atoms. The van der Waals surface area contributed by atoms with Gasteiger partial charge >= 0.3 is 0 Å². The number of likely N-dealkylation sites (N-methyl/N-ethyl adjacent to an activating group) is 1. The van der Waals surface area contributed by atoms with Crippen molar-refractivity contribution in [3.8, 4) is 0 Å². The van der Waals surface area contributed by atoms with E-state index in [1.807, 2.05) is 42.3 Å². The zero-order valence-corrected chi connectivity index (χ0v) is 10.6. The van der Waals surface area contributed by atoms with Gasteiger partial charge in [-0.1, -0.05) is 37.3 Å². The van der Waals surface area contributed by atoms with Gasteiger partial charge in [0.25, 0.3) is 0 Å². The Labute approximate surface area is 102 Å². The lowest BCUT2D eigenvalue weighted by Gasteiger charge is -2.24. The van der Waals surface area contributed by atoms with Crippen molar-refractivity contribution in [2.45, 2.75) is 32.9 Å². The first-order valence-electron chi connectivity index (χ1n) is 5.83. The van der Waals surface area contributed by atoms with Gasteiger partial charge in [-0.25, -0.2) is 0 Å². The highest BCUT2D eigenvalue weighted by atomic mass is 16.2. The quantitative estimate of drug-likeness (QED) is 0.706. The maximum atomic E-state index is 11.7. The molecular formula is C14H19NO2. The van der Waals surface area contributed by atoms with E-state index in [-0.39, 0.29) is 11.6 Å². The topological polar surface area (TPSA) is 37.4 Å². The molecule has 0 N–H and O–H groups in total. The highest BCUT2D eigenvalue weighted by Gasteiger charge is 2.25. The van der Waals surface area contributed by atoms with Crippen LogP contribution in [-0.2, 0) is 16.1 Å². The van der Waals surface area contributed by atoms with Crippen LogP contribution in [0.1, 0.15) is 25.8 Å². The van der Waals surface area contributed by atoms with Gasteiger partial charge in [0.1, 0.15) is 6.04 Å². The van der Waals surface area contributed by atoms with E-state index in [1.54, 1.807) is 6.92 Å². The van der Waals surface area contributed by atoms with E-state index in [0.29, 0.717) is 13.0 Å². The van der Waals surface area contributed by atoms with E-state index in [0.717, 1.165) is 5.56 Å². The van der Waals surface area contributed by atoms with Crippen molar-refractivity contribution >= 4 is 11.6 Å². The molecule has 0 aromatic heterocycles. The fourth-order valence-electron chi connectivity index (χ4n) is 1.94. The molecule has 0 saturated carbocycles. The third-order valence-corrected chi connectivity index (χ3v) is 2.75. The number of carbonyl (C=O) groups excluding carboxylic acids is 2. The van der Waals surface area contributed by atoms with Crippen LogP contribution in [0.3, 0.4) is 0 Å². The van der Waals surface area contributed by atoms with Crippen LogP contribution in [0.15, 0.2) is 30.3 Å². The molecular weight excluding hydrogens is 214 g/mol. The molecule has 0 aliphatic heterocycles. The predicted molar refractivity (Wildman–Crippen MR) is 67.7 cm³/mol. The van der Waals surface area contributed by atoms with E-state index in [4.69, 9.17) is 0 Å². The maximum Gasteiger partial charge on any atom is 0.157 e. The van der Waals surface area contributed by atoms with Gasteiger partial charge in [-0.2, -0.15) is 0 Å². The molecule has 0 aliphatic carbocycles. The van der Waals surface area contributed by atoms with Crippen LogP contribution in [0, 0.1) is 0 Å².